The number of hydrogen-bond acceptors (Lipinski definition) is 0. The van der Waals surface area contributed by atoms with E-state index in [1.807, 2.05) is 18.2 Å². The summed E-state index contributed by atoms with van der Waals surface area (Å²) >= 11 is 0. The molecule has 0 spiro atoms. The van der Waals surface area contributed by atoms with E-state index in [9.17, 15) is 0 Å². The van der Waals surface area contributed by atoms with Crippen LogP contribution in [0.5, 0.6) is 0 Å². The molecule has 6 heteroatoms. The lowest BCUT2D eigenvalue weighted by Gasteiger charge is -2.18. The van der Waals surface area contributed by atoms with Crippen molar-refractivity contribution in [3.8, 4) is 101 Å². The molecule has 3 aromatic heterocycles. The highest BCUT2D eigenvalue weighted by Gasteiger charge is 2.18. The van der Waals surface area contributed by atoms with Crippen LogP contribution in [0.1, 0.15) is 0 Å². The summed E-state index contributed by atoms with van der Waals surface area (Å²) in [6, 6.07) is 91.6. The second-order valence-electron chi connectivity index (χ2n) is 18.8. The van der Waals surface area contributed by atoms with Gasteiger partial charge in [-0.1, -0.05) is 164 Å². The van der Waals surface area contributed by atoms with Crippen molar-refractivity contribution in [2.75, 3.05) is 0 Å². The van der Waals surface area contributed by atoms with Gasteiger partial charge in [0, 0.05) is 0 Å². The molecule has 0 amide bonds. The highest BCUT2D eigenvalue weighted by atomic mass is 15.1. The van der Waals surface area contributed by atoms with E-state index in [1.54, 1.807) is 0 Å². The third kappa shape index (κ3) is 9.09. The molecule has 13 rings (SSSR count). The van der Waals surface area contributed by atoms with Crippen LogP contribution >= 0.6 is 0 Å². The zero-order chi connectivity index (χ0) is 49.9. The van der Waals surface area contributed by atoms with Crippen LogP contribution in [-0.4, -0.2) is 13.7 Å². The molecule has 0 unspecified atom stereocenters. The summed E-state index contributed by atoms with van der Waals surface area (Å²) in [7, 11) is 0. The fourth-order valence-corrected chi connectivity index (χ4v) is 10.3. The van der Waals surface area contributed by atoms with Crippen molar-refractivity contribution in [2.24, 2.45) is 0 Å². The molecule has 13 aromatic rings. The number of hydrogen-bond donors (Lipinski definition) is 0. The van der Waals surface area contributed by atoms with Crippen LogP contribution in [0.15, 0.2) is 311 Å². The van der Waals surface area contributed by atoms with Gasteiger partial charge >= 0.3 is 0 Å². The van der Waals surface area contributed by atoms with Gasteiger partial charge in [0.25, 0.3) is 19.0 Å². The number of nitrogens with zero attached hydrogens (tertiary/aromatic N) is 6. The van der Waals surface area contributed by atoms with Crippen molar-refractivity contribution < 1.29 is 13.7 Å². The van der Waals surface area contributed by atoms with Crippen molar-refractivity contribution in [3.63, 3.8) is 0 Å². The molecule has 0 bridgehead atoms. The van der Waals surface area contributed by atoms with Gasteiger partial charge in [0.1, 0.15) is 71.3 Å². The molecular formula is C69H51N6+3. The largest absolute Gasteiger partial charge is 0.254 e. The van der Waals surface area contributed by atoms with Crippen LogP contribution in [0.2, 0.25) is 0 Å². The highest BCUT2D eigenvalue weighted by molar-refractivity contribution is 5.94. The third-order valence-electron chi connectivity index (χ3n) is 14.1. The minimum Gasteiger partial charge on any atom is -0.202 e. The number of imidazole rings is 3. The molecule has 0 aliphatic carbocycles. The minimum atomic E-state index is 1.10. The SMILES string of the molecule is c1ccc(-[n+]2ccn(-c3ccc(-c4ccccc4-c4cc(-c5ccccc5-c5ccc(-n6cc[n+](-c7ccccc7)c6)cc5)cc(-c5ccccc5-c5ccc(-n6cc[n+](-c7ccccc7)c6)cc5)c4)cc3)c2)cc1. The molecule has 0 fully saturated rings. The summed E-state index contributed by atoms with van der Waals surface area (Å²) in [6.45, 7) is 0. The lowest BCUT2D eigenvalue weighted by molar-refractivity contribution is -0.595. The zero-order valence-corrected chi connectivity index (χ0v) is 41.1. The fourth-order valence-electron chi connectivity index (χ4n) is 10.3. The van der Waals surface area contributed by atoms with Gasteiger partial charge in [0.15, 0.2) is 0 Å². The Hall–Kier alpha value is -10.2. The molecule has 0 radical (unpaired) electrons. The van der Waals surface area contributed by atoms with Crippen LogP contribution in [-0.2, 0) is 0 Å². The Bertz CT molecular complexity index is 3640. The first kappa shape index (κ1) is 44.7. The fraction of sp³-hybridized carbons (Fsp3) is 0. The molecule has 0 saturated heterocycles. The number of para-hydroxylation sites is 3. The van der Waals surface area contributed by atoms with Crippen LogP contribution in [0, 0.1) is 0 Å². The van der Waals surface area contributed by atoms with Gasteiger partial charge in [-0.2, -0.15) is 0 Å². The van der Waals surface area contributed by atoms with E-state index in [4.69, 9.17) is 0 Å². The van der Waals surface area contributed by atoms with Gasteiger partial charge < -0.3 is 0 Å². The minimum absolute atomic E-state index is 1.10. The van der Waals surface area contributed by atoms with Gasteiger partial charge in [-0.05, 0) is 158 Å². The van der Waals surface area contributed by atoms with E-state index in [0.717, 1.165) is 67.5 Å². The van der Waals surface area contributed by atoms with Gasteiger partial charge in [-0.25, -0.2) is 27.4 Å². The molecule has 0 N–H and O–H groups in total. The molecule has 3 heterocycles. The van der Waals surface area contributed by atoms with E-state index in [0.29, 0.717) is 0 Å². The van der Waals surface area contributed by atoms with Gasteiger partial charge in [0.05, 0.1) is 0 Å². The Labute approximate surface area is 437 Å². The first-order valence-corrected chi connectivity index (χ1v) is 25.4. The number of rotatable bonds is 12. The smallest absolute Gasteiger partial charge is 0.202 e. The number of aromatic nitrogens is 6. The molecular weight excluding hydrogens is 913 g/mol. The van der Waals surface area contributed by atoms with Crippen molar-refractivity contribution in [1.29, 1.82) is 0 Å². The van der Waals surface area contributed by atoms with Crippen LogP contribution in [0.3, 0.4) is 0 Å². The topological polar surface area (TPSA) is 26.4 Å². The Kier molecular flexibility index (Phi) is 11.8. The Morgan fingerprint density at radius 2 is 0.440 bits per heavy atom. The molecule has 10 aromatic carbocycles. The quantitative estimate of drug-likeness (QED) is 0.109. The van der Waals surface area contributed by atoms with E-state index in [1.165, 1.54) is 33.4 Å². The van der Waals surface area contributed by atoms with Gasteiger partial charge in [-0.15, -0.1) is 0 Å². The highest BCUT2D eigenvalue weighted by Crippen LogP contribution is 2.42. The lowest BCUT2D eigenvalue weighted by atomic mass is 9.86. The molecule has 0 aliphatic rings. The molecule has 0 atom stereocenters. The molecule has 0 aliphatic heterocycles. The Morgan fingerprint density at radius 3 is 0.693 bits per heavy atom. The normalized spacial score (nSPS) is 11.2. The molecule has 75 heavy (non-hydrogen) atoms. The average Bonchev–Trinajstić information content (AvgIpc) is 4.32. The molecule has 354 valence electrons. The van der Waals surface area contributed by atoms with Gasteiger partial charge in [-0.3, -0.25) is 0 Å². The standard InChI is InChI=1S/C69H51N6/c1-4-16-58(17-5-1)70-40-43-73(49-70)61-34-28-52(29-35-61)64-22-10-13-25-67(64)55-46-56(68-26-14-11-23-65(68)53-30-36-62(37-31-53)74-44-41-71(50-74)59-18-6-2-7-19-59)48-57(47-55)69-27-15-12-24-66(69)54-32-38-63(39-33-54)75-45-42-72(51-75)60-20-8-3-9-21-60/h1-51H/q+3. The van der Waals surface area contributed by atoms with Crippen molar-refractivity contribution in [2.45, 2.75) is 0 Å². The predicted octanol–water partition coefficient (Wildman–Crippen LogP) is 14.9. The van der Waals surface area contributed by atoms with E-state index in [2.05, 4.69) is 320 Å². The summed E-state index contributed by atoms with van der Waals surface area (Å²) in [6.07, 6.45) is 19.0. The van der Waals surface area contributed by atoms with Crippen molar-refractivity contribution >= 4 is 0 Å². The second-order valence-corrected chi connectivity index (χ2v) is 18.8. The van der Waals surface area contributed by atoms with Crippen molar-refractivity contribution in [1.82, 2.24) is 13.7 Å². The monoisotopic (exact) mass is 963 g/mol. The first-order chi connectivity index (χ1) is 37.1. The van der Waals surface area contributed by atoms with E-state index >= 15 is 0 Å². The summed E-state index contributed by atoms with van der Waals surface area (Å²) < 4.78 is 12.9. The predicted molar refractivity (Wildman–Crippen MR) is 302 cm³/mol. The van der Waals surface area contributed by atoms with Crippen molar-refractivity contribution in [3.05, 3.63) is 311 Å². The number of benzene rings is 10. The van der Waals surface area contributed by atoms with Crippen LogP contribution in [0.4, 0.5) is 0 Å². The maximum Gasteiger partial charge on any atom is 0.254 e. The second kappa shape index (κ2) is 19.8. The summed E-state index contributed by atoms with van der Waals surface area (Å²) in [4.78, 5) is 0. The summed E-state index contributed by atoms with van der Waals surface area (Å²) in [5.74, 6) is 0. The molecule has 0 saturated carbocycles. The Morgan fingerprint density at radius 1 is 0.213 bits per heavy atom. The van der Waals surface area contributed by atoms with E-state index in [-0.39, 0.29) is 0 Å². The Balaban J connectivity index is 0.891. The zero-order valence-electron chi connectivity index (χ0n) is 41.1. The van der Waals surface area contributed by atoms with Crippen LogP contribution in [0.25, 0.3) is 101 Å². The molecule has 6 nitrogen and oxygen atoms in total. The maximum absolute atomic E-state index is 2.38. The maximum atomic E-state index is 2.38. The van der Waals surface area contributed by atoms with Gasteiger partial charge in [0.2, 0.25) is 0 Å². The third-order valence-corrected chi connectivity index (χ3v) is 14.1. The summed E-state index contributed by atoms with van der Waals surface area (Å²) in [5, 5.41) is 0. The van der Waals surface area contributed by atoms with Crippen LogP contribution < -0.4 is 13.7 Å². The summed E-state index contributed by atoms with van der Waals surface area (Å²) in [5.41, 5.74) is 20.6. The first-order valence-electron chi connectivity index (χ1n) is 25.4. The van der Waals surface area contributed by atoms with E-state index < -0.39 is 0 Å². The average molecular weight is 964 g/mol. The lowest BCUT2D eigenvalue weighted by Crippen LogP contribution is -2.27.